The molecule has 0 amide bonds. The minimum Gasteiger partial charge on any atom is -0.345 e. The highest BCUT2D eigenvalue weighted by molar-refractivity contribution is 5.21. The van der Waals surface area contributed by atoms with Crippen LogP contribution < -0.4 is 5.32 Å². The van der Waals surface area contributed by atoms with E-state index in [2.05, 4.69) is 34.0 Å². The molecular formula is C11H20N4. The minimum atomic E-state index is 0.439. The molecule has 0 aromatic carbocycles. The van der Waals surface area contributed by atoms with E-state index in [-0.39, 0.29) is 0 Å². The molecule has 1 atom stereocenters. The van der Waals surface area contributed by atoms with Crippen molar-refractivity contribution >= 4 is 0 Å². The molecule has 2 heterocycles. The fraction of sp³-hybridized carbons (Fsp3) is 0.727. The van der Waals surface area contributed by atoms with Gasteiger partial charge in [-0.25, -0.2) is 4.98 Å². The summed E-state index contributed by atoms with van der Waals surface area (Å²) in [4.78, 5) is 10.4. The Hall–Kier alpha value is -0.870. The molecule has 0 aliphatic carbocycles. The van der Waals surface area contributed by atoms with Crippen molar-refractivity contribution in [3.63, 3.8) is 0 Å². The van der Waals surface area contributed by atoms with Gasteiger partial charge in [-0.2, -0.15) is 0 Å². The summed E-state index contributed by atoms with van der Waals surface area (Å²) in [5, 5.41) is 3.44. The maximum absolute atomic E-state index is 4.61. The molecule has 0 bridgehead atoms. The number of nitrogens with zero attached hydrogens (tertiary/aromatic N) is 2. The van der Waals surface area contributed by atoms with Crippen LogP contribution in [0.4, 0.5) is 0 Å². The zero-order chi connectivity index (χ0) is 10.8. The number of imidazole rings is 1. The first-order chi connectivity index (χ1) is 7.26. The molecular weight excluding hydrogens is 188 g/mol. The quantitative estimate of drug-likeness (QED) is 0.784. The number of hydrogen-bond acceptors (Lipinski definition) is 3. The number of nitrogens with one attached hydrogen (secondary N) is 2. The number of aromatic amines is 1. The predicted octanol–water partition coefficient (Wildman–Crippen LogP) is 1.20. The molecule has 0 saturated carbocycles. The lowest BCUT2D eigenvalue weighted by Gasteiger charge is -2.32. The van der Waals surface area contributed by atoms with Crippen molar-refractivity contribution in [1.82, 2.24) is 20.2 Å². The second-order valence-electron chi connectivity index (χ2n) is 4.05. The van der Waals surface area contributed by atoms with Crippen molar-refractivity contribution in [3.8, 4) is 0 Å². The SMILES string of the molecule is CCN(CC)C1CNCc2[nH]c(C)nc21. The van der Waals surface area contributed by atoms with Gasteiger partial charge in [-0.15, -0.1) is 0 Å². The van der Waals surface area contributed by atoms with E-state index < -0.39 is 0 Å². The fourth-order valence-corrected chi connectivity index (χ4v) is 2.37. The van der Waals surface area contributed by atoms with Crippen LogP contribution in [0.25, 0.3) is 0 Å². The zero-order valence-electron chi connectivity index (χ0n) is 9.80. The molecule has 15 heavy (non-hydrogen) atoms. The molecule has 1 aliphatic rings. The summed E-state index contributed by atoms with van der Waals surface area (Å²) in [6, 6.07) is 0.439. The summed E-state index contributed by atoms with van der Waals surface area (Å²) in [6.45, 7) is 10.5. The minimum absolute atomic E-state index is 0.439. The lowest BCUT2D eigenvalue weighted by Crippen LogP contribution is -2.39. The van der Waals surface area contributed by atoms with Crippen molar-refractivity contribution in [1.29, 1.82) is 0 Å². The molecule has 1 aromatic heterocycles. The number of rotatable bonds is 3. The van der Waals surface area contributed by atoms with Crippen molar-refractivity contribution < 1.29 is 0 Å². The Morgan fingerprint density at radius 2 is 2.13 bits per heavy atom. The van der Waals surface area contributed by atoms with Gasteiger partial charge in [0.2, 0.25) is 0 Å². The average molecular weight is 208 g/mol. The largest absolute Gasteiger partial charge is 0.345 e. The van der Waals surface area contributed by atoms with E-state index in [0.717, 1.165) is 32.0 Å². The van der Waals surface area contributed by atoms with Gasteiger partial charge in [-0.1, -0.05) is 13.8 Å². The summed E-state index contributed by atoms with van der Waals surface area (Å²) >= 11 is 0. The van der Waals surface area contributed by atoms with Gasteiger partial charge in [0.1, 0.15) is 5.82 Å². The number of H-pyrrole nitrogens is 1. The van der Waals surface area contributed by atoms with Crippen LogP contribution in [-0.4, -0.2) is 34.5 Å². The lowest BCUT2D eigenvalue weighted by molar-refractivity contribution is 0.200. The summed E-state index contributed by atoms with van der Waals surface area (Å²) in [6.07, 6.45) is 0. The molecule has 0 radical (unpaired) electrons. The molecule has 0 fully saturated rings. The number of aromatic nitrogens is 2. The van der Waals surface area contributed by atoms with E-state index in [0.29, 0.717) is 6.04 Å². The van der Waals surface area contributed by atoms with Gasteiger partial charge in [0.05, 0.1) is 17.4 Å². The van der Waals surface area contributed by atoms with E-state index in [1.807, 2.05) is 6.92 Å². The predicted molar refractivity (Wildman–Crippen MR) is 60.7 cm³/mol. The number of fused-ring (bicyclic) bond motifs is 1. The van der Waals surface area contributed by atoms with E-state index in [1.54, 1.807) is 0 Å². The highest BCUT2D eigenvalue weighted by Crippen LogP contribution is 2.24. The second kappa shape index (κ2) is 4.33. The monoisotopic (exact) mass is 208 g/mol. The maximum atomic E-state index is 4.61. The van der Waals surface area contributed by atoms with Gasteiger partial charge in [-0.3, -0.25) is 4.90 Å². The van der Waals surface area contributed by atoms with E-state index in [9.17, 15) is 0 Å². The van der Waals surface area contributed by atoms with Crippen LogP contribution in [0.1, 0.15) is 37.1 Å². The Balaban J connectivity index is 2.28. The first-order valence-electron chi connectivity index (χ1n) is 5.76. The van der Waals surface area contributed by atoms with Crippen molar-refractivity contribution in [3.05, 3.63) is 17.2 Å². The molecule has 0 spiro atoms. The Bertz CT molecular complexity index is 327. The van der Waals surface area contributed by atoms with Gasteiger partial charge >= 0.3 is 0 Å². The van der Waals surface area contributed by atoms with Gasteiger partial charge in [0, 0.05) is 13.1 Å². The Labute approximate surface area is 91.1 Å². The zero-order valence-corrected chi connectivity index (χ0v) is 9.80. The summed E-state index contributed by atoms with van der Waals surface area (Å²) in [7, 11) is 0. The van der Waals surface area contributed by atoms with Gasteiger partial charge in [-0.05, 0) is 20.0 Å². The second-order valence-corrected chi connectivity index (χ2v) is 4.05. The summed E-state index contributed by atoms with van der Waals surface area (Å²) in [5.74, 6) is 1.03. The highest BCUT2D eigenvalue weighted by atomic mass is 15.2. The molecule has 2 rings (SSSR count). The van der Waals surface area contributed by atoms with Crippen LogP contribution in [0.5, 0.6) is 0 Å². The molecule has 1 aliphatic heterocycles. The number of aryl methyl sites for hydroxylation is 1. The Morgan fingerprint density at radius 1 is 1.40 bits per heavy atom. The first kappa shape index (κ1) is 10.6. The maximum Gasteiger partial charge on any atom is 0.103 e. The van der Waals surface area contributed by atoms with Crippen molar-refractivity contribution in [2.45, 2.75) is 33.4 Å². The fourth-order valence-electron chi connectivity index (χ4n) is 2.37. The molecule has 4 heteroatoms. The molecule has 2 N–H and O–H groups in total. The van der Waals surface area contributed by atoms with Crippen LogP contribution in [0.15, 0.2) is 0 Å². The van der Waals surface area contributed by atoms with Crippen LogP contribution in [0, 0.1) is 6.92 Å². The normalized spacial score (nSPS) is 20.7. The van der Waals surface area contributed by atoms with Crippen molar-refractivity contribution in [2.24, 2.45) is 0 Å². The Morgan fingerprint density at radius 3 is 2.80 bits per heavy atom. The van der Waals surface area contributed by atoms with Gasteiger partial charge in [0.25, 0.3) is 0 Å². The molecule has 4 nitrogen and oxygen atoms in total. The first-order valence-corrected chi connectivity index (χ1v) is 5.76. The van der Waals surface area contributed by atoms with E-state index >= 15 is 0 Å². The van der Waals surface area contributed by atoms with Crippen LogP contribution >= 0.6 is 0 Å². The third-order valence-corrected chi connectivity index (χ3v) is 3.14. The third kappa shape index (κ3) is 1.92. The third-order valence-electron chi connectivity index (χ3n) is 3.14. The molecule has 84 valence electrons. The Kier molecular flexibility index (Phi) is 3.07. The molecule has 0 saturated heterocycles. The summed E-state index contributed by atoms with van der Waals surface area (Å²) in [5.41, 5.74) is 2.51. The van der Waals surface area contributed by atoms with Crippen molar-refractivity contribution in [2.75, 3.05) is 19.6 Å². The molecule has 1 unspecified atom stereocenters. The summed E-state index contributed by atoms with van der Waals surface area (Å²) < 4.78 is 0. The molecule has 1 aromatic rings. The van der Waals surface area contributed by atoms with Crippen LogP contribution in [0.2, 0.25) is 0 Å². The standard InChI is InChI=1S/C11H20N4/c1-4-15(5-2)10-7-12-6-9-11(10)14-8(3)13-9/h10,12H,4-7H2,1-3H3,(H,13,14). The number of likely N-dealkylation sites (N-methyl/N-ethyl adjacent to an activating group) is 1. The smallest absolute Gasteiger partial charge is 0.103 e. The van der Waals surface area contributed by atoms with Crippen LogP contribution in [-0.2, 0) is 6.54 Å². The van der Waals surface area contributed by atoms with Crippen LogP contribution in [0.3, 0.4) is 0 Å². The average Bonchev–Trinajstić information content (AvgIpc) is 2.61. The number of hydrogen-bond donors (Lipinski definition) is 2. The van der Waals surface area contributed by atoms with E-state index in [4.69, 9.17) is 0 Å². The highest BCUT2D eigenvalue weighted by Gasteiger charge is 2.26. The van der Waals surface area contributed by atoms with Gasteiger partial charge < -0.3 is 10.3 Å². The van der Waals surface area contributed by atoms with E-state index in [1.165, 1.54) is 11.4 Å². The topological polar surface area (TPSA) is 44.0 Å². The van der Waals surface area contributed by atoms with Gasteiger partial charge in [0.15, 0.2) is 0 Å². The lowest BCUT2D eigenvalue weighted by atomic mass is 10.1.